The summed E-state index contributed by atoms with van der Waals surface area (Å²) >= 11 is 0. The second-order valence-electron chi connectivity index (χ2n) is 5.21. The maximum atomic E-state index is 12.1. The Balaban J connectivity index is 2.04. The standard InChI is InChI=1S/C21H18O2/c1-2-23-21(22)20-15-14-17(18-10-6-7-11-19(18)20)13-12-16-8-4-3-5-9-16/h3-15H,2H2,1H3/b13-12+. The molecule has 0 radical (unpaired) electrons. The van der Waals surface area contributed by atoms with Crippen LogP contribution in [0.15, 0.2) is 66.7 Å². The van der Waals surface area contributed by atoms with E-state index in [1.807, 2.05) is 61.5 Å². The predicted octanol–water partition coefficient (Wildman–Crippen LogP) is 5.19. The van der Waals surface area contributed by atoms with Crippen LogP contribution in [0.3, 0.4) is 0 Å². The molecule has 3 aromatic carbocycles. The quantitative estimate of drug-likeness (QED) is 0.490. The van der Waals surface area contributed by atoms with Crippen LogP contribution in [0.4, 0.5) is 0 Å². The summed E-state index contributed by atoms with van der Waals surface area (Å²) in [5.74, 6) is -0.276. The van der Waals surface area contributed by atoms with Gasteiger partial charge in [-0.2, -0.15) is 0 Å². The second-order valence-corrected chi connectivity index (χ2v) is 5.21. The van der Waals surface area contributed by atoms with Gasteiger partial charge in [0, 0.05) is 0 Å². The number of ether oxygens (including phenoxy) is 1. The lowest BCUT2D eigenvalue weighted by Gasteiger charge is -2.08. The SMILES string of the molecule is CCOC(=O)c1ccc(/C=C/c2ccccc2)c2ccccc12. The van der Waals surface area contributed by atoms with Crippen molar-refractivity contribution in [1.82, 2.24) is 0 Å². The van der Waals surface area contributed by atoms with Crippen LogP contribution in [0.5, 0.6) is 0 Å². The molecule has 2 heteroatoms. The van der Waals surface area contributed by atoms with Crippen molar-refractivity contribution in [3.05, 3.63) is 83.4 Å². The minimum Gasteiger partial charge on any atom is -0.462 e. The number of fused-ring (bicyclic) bond motifs is 1. The molecule has 0 fully saturated rings. The van der Waals surface area contributed by atoms with Crippen molar-refractivity contribution in [3.8, 4) is 0 Å². The van der Waals surface area contributed by atoms with Gasteiger partial charge in [-0.05, 0) is 34.9 Å². The van der Waals surface area contributed by atoms with E-state index in [1.54, 1.807) is 0 Å². The first-order valence-corrected chi connectivity index (χ1v) is 7.71. The molecule has 0 aliphatic heterocycles. The van der Waals surface area contributed by atoms with Crippen molar-refractivity contribution in [2.75, 3.05) is 6.61 Å². The molecule has 2 nitrogen and oxygen atoms in total. The van der Waals surface area contributed by atoms with Crippen LogP contribution in [-0.2, 0) is 4.74 Å². The van der Waals surface area contributed by atoms with Gasteiger partial charge in [0.15, 0.2) is 0 Å². The van der Waals surface area contributed by atoms with E-state index < -0.39 is 0 Å². The summed E-state index contributed by atoms with van der Waals surface area (Å²) in [6.45, 7) is 2.19. The normalized spacial score (nSPS) is 11.0. The fraction of sp³-hybridized carbons (Fsp3) is 0.0952. The minimum absolute atomic E-state index is 0.276. The van der Waals surface area contributed by atoms with Crippen molar-refractivity contribution in [3.63, 3.8) is 0 Å². The molecule has 0 amide bonds. The van der Waals surface area contributed by atoms with Gasteiger partial charge in [0.25, 0.3) is 0 Å². The number of carbonyl (C=O) groups excluding carboxylic acids is 1. The van der Waals surface area contributed by atoms with Crippen molar-refractivity contribution in [2.45, 2.75) is 6.92 Å². The zero-order chi connectivity index (χ0) is 16.1. The van der Waals surface area contributed by atoms with E-state index in [2.05, 4.69) is 24.3 Å². The molecule has 0 aliphatic carbocycles. The predicted molar refractivity (Wildman–Crippen MR) is 95.3 cm³/mol. The number of carbonyl (C=O) groups is 1. The first-order valence-electron chi connectivity index (χ1n) is 7.71. The Hall–Kier alpha value is -2.87. The van der Waals surface area contributed by atoms with E-state index in [0.29, 0.717) is 12.2 Å². The third-order valence-corrected chi connectivity index (χ3v) is 3.71. The van der Waals surface area contributed by atoms with Crippen LogP contribution in [0, 0.1) is 0 Å². The van der Waals surface area contributed by atoms with Gasteiger partial charge in [-0.15, -0.1) is 0 Å². The van der Waals surface area contributed by atoms with E-state index in [9.17, 15) is 4.79 Å². The van der Waals surface area contributed by atoms with Gasteiger partial charge in [-0.3, -0.25) is 0 Å². The maximum absolute atomic E-state index is 12.1. The zero-order valence-corrected chi connectivity index (χ0v) is 13.0. The Morgan fingerprint density at radius 3 is 2.30 bits per heavy atom. The molecule has 3 rings (SSSR count). The first-order chi connectivity index (χ1) is 11.3. The lowest BCUT2D eigenvalue weighted by atomic mass is 9.99. The number of rotatable bonds is 4. The average Bonchev–Trinajstić information content (AvgIpc) is 2.60. The van der Waals surface area contributed by atoms with Crippen LogP contribution < -0.4 is 0 Å². The molecule has 0 saturated carbocycles. The third kappa shape index (κ3) is 3.32. The van der Waals surface area contributed by atoms with Gasteiger partial charge in [0.05, 0.1) is 12.2 Å². The fourth-order valence-corrected chi connectivity index (χ4v) is 2.60. The molecular formula is C21H18O2. The number of esters is 1. The Bertz CT molecular complexity index is 848. The van der Waals surface area contributed by atoms with Crippen LogP contribution in [0.25, 0.3) is 22.9 Å². The minimum atomic E-state index is -0.276. The molecule has 3 aromatic rings. The lowest BCUT2D eigenvalue weighted by molar-refractivity contribution is 0.0528. The molecule has 0 heterocycles. The van der Waals surface area contributed by atoms with Crippen molar-refractivity contribution in [2.24, 2.45) is 0 Å². The van der Waals surface area contributed by atoms with E-state index in [0.717, 1.165) is 21.9 Å². The molecule has 0 bridgehead atoms. The van der Waals surface area contributed by atoms with Crippen LogP contribution in [0.1, 0.15) is 28.4 Å². The van der Waals surface area contributed by atoms with E-state index >= 15 is 0 Å². The lowest BCUT2D eigenvalue weighted by Crippen LogP contribution is -2.05. The molecule has 114 valence electrons. The molecule has 0 N–H and O–H groups in total. The van der Waals surface area contributed by atoms with Crippen LogP contribution in [0.2, 0.25) is 0 Å². The first kappa shape index (κ1) is 15.0. The summed E-state index contributed by atoms with van der Waals surface area (Å²) in [5, 5.41) is 1.96. The Labute approximate surface area is 136 Å². The Morgan fingerprint density at radius 2 is 1.57 bits per heavy atom. The average molecular weight is 302 g/mol. The third-order valence-electron chi connectivity index (χ3n) is 3.71. The molecule has 0 unspecified atom stereocenters. The van der Waals surface area contributed by atoms with Gasteiger partial charge in [-0.1, -0.05) is 72.8 Å². The van der Waals surface area contributed by atoms with Gasteiger partial charge < -0.3 is 4.74 Å². The molecule has 0 saturated heterocycles. The highest BCUT2D eigenvalue weighted by molar-refractivity contribution is 6.07. The molecule has 0 atom stereocenters. The molecule has 0 spiro atoms. The summed E-state index contributed by atoms with van der Waals surface area (Å²) < 4.78 is 5.15. The molecule has 23 heavy (non-hydrogen) atoms. The van der Waals surface area contributed by atoms with Crippen molar-refractivity contribution < 1.29 is 9.53 Å². The Kier molecular flexibility index (Phi) is 4.53. The van der Waals surface area contributed by atoms with Gasteiger partial charge in [0.2, 0.25) is 0 Å². The second kappa shape index (κ2) is 6.93. The highest BCUT2D eigenvalue weighted by atomic mass is 16.5. The topological polar surface area (TPSA) is 26.3 Å². The summed E-state index contributed by atoms with van der Waals surface area (Å²) in [6.07, 6.45) is 4.15. The van der Waals surface area contributed by atoms with E-state index in [1.165, 1.54) is 0 Å². The highest BCUT2D eigenvalue weighted by Gasteiger charge is 2.12. The summed E-state index contributed by atoms with van der Waals surface area (Å²) in [6, 6.07) is 21.9. The van der Waals surface area contributed by atoms with E-state index in [-0.39, 0.29) is 5.97 Å². The molecule has 0 aromatic heterocycles. The molecule has 0 aliphatic rings. The smallest absolute Gasteiger partial charge is 0.338 e. The summed E-state index contributed by atoms with van der Waals surface area (Å²) in [5.41, 5.74) is 2.84. The highest BCUT2D eigenvalue weighted by Crippen LogP contribution is 2.25. The number of hydrogen-bond acceptors (Lipinski definition) is 2. The van der Waals surface area contributed by atoms with Crippen LogP contribution >= 0.6 is 0 Å². The van der Waals surface area contributed by atoms with Crippen LogP contribution in [-0.4, -0.2) is 12.6 Å². The fourth-order valence-electron chi connectivity index (χ4n) is 2.60. The van der Waals surface area contributed by atoms with Gasteiger partial charge >= 0.3 is 5.97 Å². The van der Waals surface area contributed by atoms with Crippen molar-refractivity contribution in [1.29, 1.82) is 0 Å². The monoisotopic (exact) mass is 302 g/mol. The maximum Gasteiger partial charge on any atom is 0.338 e. The zero-order valence-electron chi connectivity index (χ0n) is 13.0. The van der Waals surface area contributed by atoms with Gasteiger partial charge in [0.1, 0.15) is 0 Å². The van der Waals surface area contributed by atoms with E-state index in [4.69, 9.17) is 4.74 Å². The van der Waals surface area contributed by atoms with Crippen molar-refractivity contribution >= 4 is 28.9 Å². The summed E-state index contributed by atoms with van der Waals surface area (Å²) in [4.78, 5) is 12.1. The molecular weight excluding hydrogens is 284 g/mol. The number of hydrogen-bond donors (Lipinski definition) is 0. The van der Waals surface area contributed by atoms with Gasteiger partial charge in [-0.25, -0.2) is 4.79 Å². The number of benzene rings is 3. The summed E-state index contributed by atoms with van der Waals surface area (Å²) in [7, 11) is 0. The largest absolute Gasteiger partial charge is 0.462 e. The Morgan fingerprint density at radius 1 is 0.870 bits per heavy atom.